The van der Waals surface area contributed by atoms with E-state index >= 15 is 0 Å². The van der Waals surface area contributed by atoms with Crippen molar-refractivity contribution in [3.05, 3.63) is 29.8 Å². The minimum absolute atomic E-state index is 0.681. The van der Waals surface area contributed by atoms with E-state index in [1.165, 1.54) is 75.2 Å². The molecule has 0 saturated heterocycles. The summed E-state index contributed by atoms with van der Waals surface area (Å²) in [7, 11) is -0.792. The third-order valence-electron chi connectivity index (χ3n) is 5.38. The molecule has 0 heterocycles. The summed E-state index contributed by atoms with van der Waals surface area (Å²) in [5.74, 6) is 1.04. The number of unbranched alkanes of at least 4 members (excludes halogenated alkanes) is 3. The fourth-order valence-electron chi connectivity index (χ4n) is 3.74. The Hall–Kier alpha value is -0.590. The second kappa shape index (κ2) is 14.5. The Morgan fingerprint density at radius 1 is 0.808 bits per heavy atom. The molecule has 0 fully saturated rings. The van der Waals surface area contributed by atoms with Gasteiger partial charge in [-0.25, -0.2) is 0 Å². The highest BCUT2D eigenvalue weighted by Gasteiger charge is 2.34. The molecule has 3 heteroatoms. The summed E-state index contributed by atoms with van der Waals surface area (Å²) >= 11 is 0. The predicted molar refractivity (Wildman–Crippen MR) is 120 cm³/mol. The number of hydrogen-bond donors (Lipinski definition) is 1. The normalized spacial score (nSPS) is 11.7. The van der Waals surface area contributed by atoms with Crippen LogP contribution in [0.1, 0.15) is 71.3 Å². The highest BCUT2D eigenvalue weighted by Crippen LogP contribution is 2.61. The van der Waals surface area contributed by atoms with Crippen molar-refractivity contribution in [2.45, 2.75) is 72.1 Å². The van der Waals surface area contributed by atoms with Gasteiger partial charge in [-0.15, -0.1) is 0 Å². The van der Waals surface area contributed by atoms with Crippen LogP contribution in [0.4, 0.5) is 0 Å². The van der Waals surface area contributed by atoms with E-state index in [0.717, 1.165) is 18.8 Å². The van der Waals surface area contributed by atoms with Gasteiger partial charge in [-0.2, -0.15) is 0 Å². The lowest BCUT2D eigenvalue weighted by Gasteiger charge is -2.28. The van der Waals surface area contributed by atoms with Crippen molar-refractivity contribution in [2.75, 3.05) is 37.8 Å². The van der Waals surface area contributed by atoms with Crippen molar-refractivity contribution >= 4 is 7.26 Å². The van der Waals surface area contributed by atoms with Gasteiger partial charge in [0.15, 0.2) is 0 Å². The van der Waals surface area contributed by atoms with E-state index in [0.29, 0.717) is 6.54 Å². The maximum Gasteiger partial charge on any atom is 0.122 e. The third-order valence-corrected chi connectivity index (χ3v) is 10.4. The molecular formula is C23H43NOP+. The summed E-state index contributed by atoms with van der Waals surface area (Å²) in [5, 5.41) is 0. The van der Waals surface area contributed by atoms with Crippen molar-refractivity contribution in [1.29, 1.82) is 0 Å². The summed E-state index contributed by atoms with van der Waals surface area (Å²) in [6, 6.07) is 8.38. The molecule has 0 radical (unpaired) electrons. The number of nitrogens with two attached hydrogens (primary N) is 1. The van der Waals surface area contributed by atoms with Crippen LogP contribution in [0.3, 0.4) is 0 Å². The molecule has 0 aliphatic rings. The fraction of sp³-hybridized carbons (Fsp3) is 0.739. The number of benzene rings is 1. The first-order chi connectivity index (χ1) is 12.7. The zero-order valence-corrected chi connectivity index (χ0v) is 18.5. The van der Waals surface area contributed by atoms with Crippen LogP contribution in [-0.4, -0.2) is 37.8 Å². The molecule has 0 amide bonds. The highest BCUT2D eigenvalue weighted by atomic mass is 31.2. The summed E-state index contributed by atoms with van der Waals surface area (Å²) < 4.78 is 6.16. The smallest absolute Gasteiger partial charge is 0.122 e. The van der Waals surface area contributed by atoms with Crippen molar-refractivity contribution in [2.24, 2.45) is 5.73 Å². The Morgan fingerprint density at radius 3 is 1.88 bits per heavy atom. The van der Waals surface area contributed by atoms with E-state index in [9.17, 15) is 0 Å². The second-order valence-corrected chi connectivity index (χ2v) is 12.1. The fourth-order valence-corrected chi connectivity index (χ4v) is 8.84. The molecule has 2 nitrogen and oxygen atoms in total. The van der Waals surface area contributed by atoms with Gasteiger partial charge < -0.3 is 10.5 Å². The van der Waals surface area contributed by atoms with Crippen LogP contribution in [0.25, 0.3) is 0 Å². The van der Waals surface area contributed by atoms with Gasteiger partial charge >= 0.3 is 0 Å². The van der Waals surface area contributed by atoms with Crippen molar-refractivity contribution in [3.63, 3.8) is 0 Å². The molecule has 0 spiro atoms. The van der Waals surface area contributed by atoms with Crippen LogP contribution >= 0.6 is 7.26 Å². The molecule has 0 aliphatic heterocycles. The van der Waals surface area contributed by atoms with Gasteiger partial charge in [0.1, 0.15) is 5.75 Å². The second-order valence-electron chi connectivity index (χ2n) is 7.65. The van der Waals surface area contributed by atoms with Crippen LogP contribution in [0, 0.1) is 0 Å². The Labute approximate surface area is 163 Å². The van der Waals surface area contributed by atoms with E-state index in [-0.39, 0.29) is 0 Å². The van der Waals surface area contributed by atoms with Crippen LogP contribution < -0.4 is 10.5 Å². The Bertz CT molecular complexity index is 442. The quantitative estimate of drug-likeness (QED) is 0.267. The van der Waals surface area contributed by atoms with E-state index in [1.807, 2.05) is 0 Å². The van der Waals surface area contributed by atoms with Crippen molar-refractivity contribution in [1.82, 2.24) is 0 Å². The van der Waals surface area contributed by atoms with E-state index in [1.54, 1.807) is 0 Å². The lowest BCUT2D eigenvalue weighted by molar-refractivity contribution is 0.315. The monoisotopic (exact) mass is 380 g/mol. The van der Waals surface area contributed by atoms with Gasteiger partial charge in [0, 0.05) is 13.7 Å². The lowest BCUT2D eigenvalue weighted by Crippen LogP contribution is -2.15. The van der Waals surface area contributed by atoms with Crippen LogP contribution in [0.5, 0.6) is 5.75 Å². The first-order valence-electron chi connectivity index (χ1n) is 11.0. The molecule has 0 aliphatic carbocycles. The molecule has 26 heavy (non-hydrogen) atoms. The summed E-state index contributed by atoms with van der Waals surface area (Å²) in [6.07, 6.45) is 16.3. The minimum atomic E-state index is -0.792. The van der Waals surface area contributed by atoms with E-state index < -0.39 is 7.26 Å². The molecule has 0 unspecified atom stereocenters. The molecule has 0 saturated carbocycles. The van der Waals surface area contributed by atoms with Crippen molar-refractivity contribution in [3.8, 4) is 5.75 Å². The summed E-state index contributed by atoms with van der Waals surface area (Å²) in [6.45, 7) is 8.55. The van der Waals surface area contributed by atoms with Gasteiger partial charge in [-0.3, -0.25) is 0 Å². The largest absolute Gasteiger partial charge is 0.493 e. The summed E-state index contributed by atoms with van der Waals surface area (Å²) in [4.78, 5) is 0. The number of hydrogen-bond acceptors (Lipinski definition) is 2. The van der Waals surface area contributed by atoms with Gasteiger partial charge in [0.25, 0.3) is 0 Å². The molecule has 2 N–H and O–H groups in total. The minimum Gasteiger partial charge on any atom is -0.493 e. The molecule has 1 aromatic rings. The van der Waals surface area contributed by atoms with Gasteiger partial charge in [-0.1, -0.05) is 58.2 Å². The zero-order valence-electron chi connectivity index (χ0n) is 17.6. The predicted octanol–water partition coefficient (Wildman–Crippen LogP) is 6.37. The van der Waals surface area contributed by atoms with Gasteiger partial charge in [-0.05, 0) is 43.9 Å². The number of ether oxygens (including phenoxy) is 1. The average Bonchev–Trinajstić information content (AvgIpc) is 2.67. The number of para-hydroxylation sites is 1. The molecule has 0 bridgehead atoms. The molecule has 1 aromatic carbocycles. The lowest BCUT2D eigenvalue weighted by atomic mass is 10.1. The maximum absolute atomic E-state index is 6.16. The Morgan fingerprint density at radius 2 is 1.35 bits per heavy atom. The van der Waals surface area contributed by atoms with Crippen LogP contribution in [0.2, 0.25) is 0 Å². The van der Waals surface area contributed by atoms with Crippen LogP contribution in [0.15, 0.2) is 24.3 Å². The van der Waals surface area contributed by atoms with Crippen LogP contribution in [-0.2, 0) is 6.42 Å². The zero-order chi connectivity index (χ0) is 19.1. The average molecular weight is 381 g/mol. The Kier molecular flexibility index (Phi) is 13.0. The highest BCUT2D eigenvalue weighted by molar-refractivity contribution is 7.75. The van der Waals surface area contributed by atoms with Crippen molar-refractivity contribution < 1.29 is 4.74 Å². The van der Waals surface area contributed by atoms with E-state index in [2.05, 4.69) is 45.0 Å². The molecule has 150 valence electrons. The summed E-state index contributed by atoms with van der Waals surface area (Å²) in [5.41, 5.74) is 6.98. The van der Waals surface area contributed by atoms with Gasteiger partial charge in [0.05, 0.1) is 31.3 Å². The Balaban J connectivity index is 2.60. The van der Waals surface area contributed by atoms with Gasteiger partial charge in [0.2, 0.25) is 0 Å². The van der Waals surface area contributed by atoms with E-state index in [4.69, 9.17) is 10.5 Å². The first-order valence-corrected chi connectivity index (χ1v) is 13.5. The topological polar surface area (TPSA) is 35.2 Å². The molecular weight excluding hydrogens is 337 g/mol. The standard InChI is InChI=1S/C23H43NOP/c1-4-7-18-26(19-8-5-2,20-9-6-3)21-12-17-25-23-14-11-10-13-22(23)15-16-24/h10-11,13-14H,4-9,12,15-21,24H2,1-3H3/q+1. The first kappa shape index (κ1) is 23.4. The maximum atomic E-state index is 6.16. The SMILES string of the molecule is CCCC[P+](CCCC)(CCCC)CCCOc1ccccc1CCN. The molecule has 0 aromatic heterocycles. The molecule has 1 rings (SSSR count). The number of rotatable bonds is 16. The third kappa shape index (κ3) is 8.87. The molecule has 0 atom stereocenters.